The van der Waals surface area contributed by atoms with Crippen LogP contribution >= 0.6 is 0 Å². The number of ether oxygens (including phenoxy) is 1. The molecule has 3 heterocycles. The number of carbonyl (C=O) groups excluding carboxylic acids is 1. The highest BCUT2D eigenvalue weighted by Crippen LogP contribution is 2.50. The number of aliphatic hydroxyl groups is 1. The quantitative estimate of drug-likeness (QED) is 0.509. The first kappa shape index (κ1) is 24.6. The fourth-order valence-electron chi connectivity index (χ4n) is 3.90. The first-order valence-corrected chi connectivity index (χ1v) is 10.3. The lowest BCUT2D eigenvalue weighted by Gasteiger charge is -2.41. The number of alkyl halides is 3. The molecule has 184 valence electrons. The molecule has 2 aromatic heterocycles. The number of amides is 1. The third-order valence-electron chi connectivity index (χ3n) is 5.56. The molecule has 0 aliphatic carbocycles. The summed E-state index contributed by atoms with van der Waals surface area (Å²) in [5.41, 5.74) is -5.94. The van der Waals surface area contributed by atoms with E-state index in [0.29, 0.717) is 0 Å². The van der Waals surface area contributed by atoms with Crippen molar-refractivity contribution in [3.63, 3.8) is 0 Å². The van der Waals surface area contributed by atoms with Crippen molar-refractivity contribution >= 4 is 11.6 Å². The smallest absolute Gasteiger partial charge is 0.393 e. The molecule has 1 aromatic carbocycles. The number of aliphatic hydroxyl groups excluding tert-OH is 1. The minimum atomic E-state index is -4.96. The topological polar surface area (TPSA) is 84.3 Å². The Morgan fingerprint density at radius 3 is 2.46 bits per heavy atom. The fourth-order valence-corrected chi connectivity index (χ4v) is 3.90. The van der Waals surface area contributed by atoms with E-state index in [-0.39, 0.29) is 13.0 Å². The molecule has 1 aliphatic heterocycles. The van der Waals surface area contributed by atoms with Crippen LogP contribution in [-0.4, -0.2) is 39.9 Å². The van der Waals surface area contributed by atoms with Gasteiger partial charge in [0.2, 0.25) is 0 Å². The second-order valence-electron chi connectivity index (χ2n) is 7.82. The molecule has 1 amide bonds. The maximum Gasteiger partial charge on any atom is 0.421 e. The summed E-state index contributed by atoms with van der Waals surface area (Å²) >= 11 is 0. The van der Waals surface area contributed by atoms with Gasteiger partial charge in [0, 0.05) is 18.2 Å². The standard InChI is InChI=1S/C23H17F6N3O3/c24-14-2-1-3-15(25)19(14)20-16(26)4-5-17(31-20)21(34)32-18-11-30-8-6-13(18)22(23(27,28)29)10-12(33)7-9-35-22/h1-6,8,11-12,33H,7,9-10H2,(H,32,34)/t12-,22+/m1/s1. The SMILES string of the molecule is O=C(Nc1cnccc1[C@]1(C(F)(F)F)C[C@H](O)CCO1)c1ccc(F)c(-c2c(F)cccc2F)n1. The summed E-state index contributed by atoms with van der Waals surface area (Å²) in [6.07, 6.45) is -5.06. The van der Waals surface area contributed by atoms with E-state index in [9.17, 15) is 36.2 Å². The molecule has 2 atom stereocenters. The van der Waals surface area contributed by atoms with E-state index >= 15 is 0 Å². The normalized spacial score (nSPS) is 20.5. The Balaban J connectivity index is 1.73. The van der Waals surface area contributed by atoms with Crippen LogP contribution in [0, 0.1) is 17.5 Å². The first-order valence-electron chi connectivity index (χ1n) is 10.3. The van der Waals surface area contributed by atoms with Gasteiger partial charge in [-0.1, -0.05) is 6.07 Å². The van der Waals surface area contributed by atoms with Crippen molar-refractivity contribution in [2.45, 2.75) is 30.7 Å². The van der Waals surface area contributed by atoms with Crippen molar-refractivity contribution in [3.8, 4) is 11.3 Å². The minimum Gasteiger partial charge on any atom is -0.393 e. The number of rotatable bonds is 4. The second kappa shape index (κ2) is 9.27. The molecule has 35 heavy (non-hydrogen) atoms. The van der Waals surface area contributed by atoms with E-state index in [1.807, 2.05) is 0 Å². The molecule has 6 nitrogen and oxygen atoms in total. The molecule has 12 heteroatoms. The van der Waals surface area contributed by atoms with Crippen LogP contribution < -0.4 is 5.32 Å². The Bertz CT molecular complexity index is 1250. The van der Waals surface area contributed by atoms with Crippen LogP contribution in [0.3, 0.4) is 0 Å². The lowest BCUT2D eigenvalue weighted by atomic mass is 9.84. The summed E-state index contributed by atoms with van der Waals surface area (Å²) < 4.78 is 90.2. The van der Waals surface area contributed by atoms with Gasteiger partial charge in [0.25, 0.3) is 5.91 Å². The van der Waals surface area contributed by atoms with Gasteiger partial charge in [-0.2, -0.15) is 13.2 Å². The van der Waals surface area contributed by atoms with Crippen LogP contribution in [0.25, 0.3) is 11.3 Å². The number of nitrogens with one attached hydrogen (secondary N) is 1. The van der Waals surface area contributed by atoms with Crippen LogP contribution in [0.15, 0.2) is 48.8 Å². The van der Waals surface area contributed by atoms with Crippen molar-refractivity contribution < 1.29 is 41.0 Å². The summed E-state index contributed by atoms with van der Waals surface area (Å²) in [7, 11) is 0. The summed E-state index contributed by atoms with van der Waals surface area (Å²) in [5, 5.41) is 12.2. The highest BCUT2D eigenvalue weighted by atomic mass is 19.4. The number of halogens is 6. The van der Waals surface area contributed by atoms with E-state index < -0.39 is 75.9 Å². The van der Waals surface area contributed by atoms with Gasteiger partial charge in [0.1, 0.15) is 28.8 Å². The third kappa shape index (κ3) is 4.58. The number of hydrogen-bond donors (Lipinski definition) is 2. The van der Waals surface area contributed by atoms with Crippen molar-refractivity contribution in [3.05, 3.63) is 77.5 Å². The molecular weight excluding hydrogens is 480 g/mol. The monoisotopic (exact) mass is 497 g/mol. The summed E-state index contributed by atoms with van der Waals surface area (Å²) in [4.78, 5) is 20.3. The highest BCUT2D eigenvalue weighted by Gasteiger charge is 2.60. The molecule has 0 bridgehead atoms. The van der Waals surface area contributed by atoms with Crippen LogP contribution in [0.2, 0.25) is 0 Å². The minimum absolute atomic E-state index is 0.000508. The molecule has 0 unspecified atom stereocenters. The average molecular weight is 497 g/mol. The van der Waals surface area contributed by atoms with E-state index in [0.717, 1.165) is 48.8 Å². The molecule has 3 aromatic rings. The number of anilines is 1. The predicted molar refractivity (Wildman–Crippen MR) is 111 cm³/mol. The summed E-state index contributed by atoms with van der Waals surface area (Å²) in [6, 6.07) is 5.48. The average Bonchev–Trinajstić information content (AvgIpc) is 2.79. The van der Waals surface area contributed by atoms with Crippen LogP contribution in [-0.2, 0) is 10.3 Å². The molecule has 2 N–H and O–H groups in total. The lowest BCUT2D eigenvalue weighted by Crippen LogP contribution is -2.50. The number of carbonyl (C=O) groups is 1. The third-order valence-corrected chi connectivity index (χ3v) is 5.56. The van der Waals surface area contributed by atoms with E-state index in [4.69, 9.17) is 4.74 Å². The van der Waals surface area contributed by atoms with E-state index in [1.165, 1.54) is 0 Å². The molecule has 0 saturated carbocycles. The predicted octanol–water partition coefficient (Wildman–Crippen LogP) is 4.74. The molecule has 1 saturated heterocycles. The van der Waals surface area contributed by atoms with E-state index in [2.05, 4.69) is 15.3 Å². The van der Waals surface area contributed by atoms with Gasteiger partial charge in [0.05, 0.1) is 30.2 Å². The first-order chi connectivity index (χ1) is 16.5. The van der Waals surface area contributed by atoms with Gasteiger partial charge in [-0.05, 0) is 36.8 Å². The van der Waals surface area contributed by atoms with Gasteiger partial charge < -0.3 is 15.2 Å². The van der Waals surface area contributed by atoms with Gasteiger partial charge in [0.15, 0.2) is 5.60 Å². The number of nitrogens with zero attached hydrogens (tertiary/aromatic N) is 2. The second-order valence-corrected chi connectivity index (χ2v) is 7.82. The molecule has 4 rings (SSSR count). The van der Waals surface area contributed by atoms with Crippen molar-refractivity contribution in [1.29, 1.82) is 0 Å². The zero-order valence-electron chi connectivity index (χ0n) is 17.7. The molecule has 1 aliphatic rings. The number of aromatic nitrogens is 2. The van der Waals surface area contributed by atoms with Crippen molar-refractivity contribution in [2.24, 2.45) is 0 Å². The molecular formula is C23H17F6N3O3. The Morgan fingerprint density at radius 2 is 1.80 bits per heavy atom. The highest BCUT2D eigenvalue weighted by molar-refractivity contribution is 6.03. The number of pyridine rings is 2. The lowest BCUT2D eigenvalue weighted by molar-refractivity contribution is -0.306. The Labute approximate surface area is 194 Å². The fraction of sp³-hybridized carbons (Fsp3) is 0.261. The zero-order chi connectivity index (χ0) is 25.4. The Kier molecular flexibility index (Phi) is 6.52. The van der Waals surface area contributed by atoms with Crippen LogP contribution in [0.5, 0.6) is 0 Å². The van der Waals surface area contributed by atoms with Crippen LogP contribution in [0.4, 0.5) is 32.0 Å². The number of benzene rings is 1. The Morgan fingerprint density at radius 1 is 1.09 bits per heavy atom. The summed E-state index contributed by atoms with van der Waals surface area (Å²) in [5.74, 6) is -4.45. The largest absolute Gasteiger partial charge is 0.421 e. The summed E-state index contributed by atoms with van der Waals surface area (Å²) in [6.45, 7) is -0.381. The van der Waals surface area contributed by atoms with Gasteiger partial charge >= 0.3 is 6.18 Å². The zero-order valence-corrected chi connectivity index (χ0v) is 17.7. The van der Waals surface area contributed by atoms with Gasteiger partial charge in [-0.25, -0.2) is 18.2 Å². The van der Waals surface area contributed by atoms with E-state index in [1.54, 1.807) is 0 Å². The van der Waals surface area contributed by atoms with Crippen LogP contribution in [0.1, 0.15) is 28.9 Å². The van der Waals surface area contributed by atoms with Gasteiger partial charge in [-0.15, -0.1) is 0 Å². The van der Waals surface area contributed by atoms with Crippen molar-refractivity contribution in [2.75, 3.05) is 11.9 Å². The Hall–Kier alpha value is -3.51. The maximum absolute atomic E-state index is 14.3. The maximum atomic E-state index is 14.3. The molecule has 1 fully saturated rings. The molecule has 0 radical (unpaired) electrons. The molecule has 0 spiro atoms. The van der Waals surface area contributed by atoms with Gasteiger partial charge in [-0.3, -0.25) is 9.78 Å². The van der Waals surface area contributed by atoms with Crippen molar-refractivity contribution in [1.82, 2.24) is 9.97 Å². The number of hydrogen-bond acceptors (Lipinski definition) is 5.